The lowest BCUT2D eigenvalue weighted by Gasteiger charge is -2.13. The van der Waals surface area contributed by atoms with E-state index in [1.165, 1.54) is 36.4 Å². The number of nitrogens with one attached hydrogen (secondary N) is 2. The van der Waals surface area contributed by atoms with Gasteiger partial charge in [0.05, 0.1) is 15.5 Å². The van der Waals surface area contributed by atoms with Crippen molar-refractivity contribution in [3.05, 3.63) is 58.1 Å². The van der Waals surface area contributed by atoms with Crippen LogP contribution in [0.3, 0.4) is 0 Å². The highest BCUT2D eigenvalue weighted by atomic mass is 32.2. The molecule has 0 saturated heterocycles. The maximum Gasteiger partial charge on any atom is 0.271 e. The molecule has 1 saturated carbocycles. The molecule has 2 N–H and O–H groups in total. The first kappa shape index (κ1) is 21.7. The minimum atomic E-state index is -3.59. The smallest absolute Gasteiger partial charge is 0.271 e. The molecule has 0 radical (unpaired) electrons. The summed E-state index contributed by atoms with van der Waals surface area (Å²) in [5.74, 6) is -0.154. The van der Waals surface area contributed by atoms with Gasteiger partial charge in [-0.3, -0.25) is 14.9 Å². The summed E-state index contributed by atoms with van der Waals surface area (Å²) in [4.78, 5) is 22.6. The molecule has 0 spiro atoms. The van der Waals surface area contributed by atoms with Crippen LogP contribution in [0.2, 0.25) is 0 Å². The molecular weight excluding hydrogens is 410 g/mol. The number of ether oxygens (including phenoxy) is 1. The summed E-state index contributed by atoms with van der Waals surface area (Å²) >= 11 is 0. The molecular formula is C20H23N3O6S. The van der Waals surface area contributed by atoms with Crippen LogP contribution in [0, 0.1) is 17.0 Å². The average Bonchev–Trinajstić information content (AvgIpc) is 3.20. The van der Waals surface area contributed by atoms with Crippen LogP contribution in [0.5, 0.6) is 5.75 Å². The van der Waals surface area contributed by atoms with Crippen LogP contribution in [-0.4, -0.2) is 31.9 Å². The zero-order valence-electron chi connectivity index (χ0n) is 16.5. The van der Waals surface area contributed by atoms with E-state index in [-0.39, 0.29) is 23.2 Å². The molecule has 0 bridgehead atoms. The van der Waals surface area contributed by atoms with Gasteiger partial charge >= 0.3 is 0 Å². The Balaban J connectivity index is 1.56. The Kier molecular flexibility index (Phi) is 6.68. The largest absolute Gasteiger partial charge is 0.484 e. The van der Waals surface area contributed by atoms with Gasteiger partial charge in [0, 0.05) is 18.2 Å². The molecule has 0 unspecified atom stereocenters. The molecule has 9 nitrogen and oxygen atoms in total. The topological polar surface area (TPSA) is 128 Å². The number of non-ortho nitro benzene ring substituents is 1. The number of amides is 1. The third kappa shape index (κ3) is 5.55. The number of rotatable bonds is 8. The van der Waals surface area contributed by atoms with Gasteiger partial charge in [-0.25, -0.2) is 13.1 Å². The van der Waals surface area contributed by atoms with Crippen LogP contribution >= 0.6 is 0 Å². The number of hydrogen-bond acceptors (Lipinski definition) is 6. The van der Waals surface area contributed by atoms with Gasteiger partial charge < -0.3 is 10.1 Å². The SMILES string of the molecule is Cc1ccc([N+](=O)[O-])cc1NC(=O)COc1ccc(S(=O)(=O)NC2CCCC2)cc1. The molecule has 2 aromatic carbocycles. The zero-order chi connectivity index (χ0) is 21.7. The van der Waals surface area contributed by atoms with Gasteiger partial charge in [0.25, 0.3) is 11.6 Å². The number of nitro benzene ring substituents is 1. The summed E-state index contributed by atoms with van der Waals surface area (Å²) in [7, 11) is -3.59. The normalized spacial score (nSPS) is 14.4. The highest BCUT2D eigenvalue weighted by molar-refractivity contribution is 7.89. The van der Waals surface area contributed by atoms with Crippen molar-refractivity contribution in [3.8, 4) is 5.75 Å². The molecule has 0 aromatic heterocycles. The van der Waals surface area contributed by atoms with Crippen LogP contribution in [0.15, 0.2) is 47.4 Å². The summed E-state index contributed by atoms with van der Waals surface area (Å²) in [5.41, 5.74) is 0.885. The predicted molar refractivity (Wildman–Crippen MR) is 111 cm³/mol. The molecule has 3 rings (SSSR count). The summed E-state index contributed by atoms with van der Waals surface area (Å²) in [6.07, 6.45) is 3.74. The fourth-order valence-corrected chi connectivity index (χ4v) is 4.54. The number of carbonyl (C=O) groups is 1. The fourth-order valence-electron chi connectivity index (χ4n) is 3.24. The summed E-state index contributed by atoms with van der Waals surface area (Å²) in [5, 5.41) is 13.5. The molecule has 160 valence electrons. The first-order valence-electron chi connectivity index (χ1n) is 9.55. The van der Waals surface area contributed by atoms with Crippen molar-refractivity contribution in [2.45, 2.75) is 43.5 Å². The van der Waals surface area contributed by atoms with Gasteiger partial charge in [-0.05, 0) is 49.6 Å². The van der Waals surface area contributed by atoms with E-state index in [9.17, 15) is 23.3 Å². The lowest BCUT2D eigenvalue weighted by Crippen LogP contribution is -2.32. The third-order valence-electron chi connectivity index (χ3n) is 4.89. The van der Waals surface area contributed by atoms with Crippen molar-refractivity contribution in [1.29, 1.82) is 0 Å². The molecule has 2 aromatic rings. The number of nitro groups is 1. The number of anilines is 1. The first-order valence-corrected chi connectivity index (χ1v) is 11.0. The van der Waals surface area contributed by atoms with Gasteiger partial charge in [0.1, 0.15) is 5.75 Å². The zero-order valence-corrected chi connectivity index (χ0v) is 17.3. The van der Waals surface area contributed by atoms with Crippen molar-refractivity contribution < 1.29 is 22.9 Å². The Morgan fingerprint density at radius 1 is 1.17 bits per heavy atom. The second kappa shape index (κ2) is 9.23. The Labute approximate surface area is 174 Å². The van der Waals surface area contributed by atoms with Gasteiger partial charge in [-0.2, -0.15) is 0 Å². The van der Waals surface area contributed by atoms with Crippen molar-refractivity contribution in [3.63, 3.8) is 0 Å². The number of nitrogens with zero attached hydrogens (tertiary/aromatic N) is 1. The molecule has 1 fully saturated rings. The summed E-state index contributed by atoms with van der Waals surface area (Å²) < 4.78 is 32.9. The lowest BCUT2D eigenvalue weighted by molar-refractivity contribution is -0.384. The summed E-state index contributed by atoms with van der Waals surface area (Å²) in [6, 6.07) is 9.98. The third-order valence-corrected chi connectivity index (χ3v) is 6.42. The minimum Gasteiger partial charge on any atom is -0.484 e. The number of hydrogen-bond donors (Lipinski definition) is 2. The van der Waals surface area contributed by atoms with Crippen molar-refractivity contribution in [2.75, 3.05) is 11.9 Å². The van der Waals surface area contributed by atoms with Gasteiger partial charge in [-0.15, -0.1) is 0 Å². The molecule has 1 amide bonds. The number of carbonyl (C=O) groups excluding carboxylic acids is 1. The van der Waals surface area contributed by atoms with Crippen LogP contribution in [0.25, 0.3) is 0 Å². The van der Waals surface area contributed by atoms with Gasteiger partial charge in [0.15, 0.2) is 6.61 Å². The lowest BCUT2D eigenvalue weighted by atomic mass is 10.2. The average molecular weight is 433 g/mol. The fraction of sp³-hybridized carbons (Fsp3) is 0.350. The van der Waals surface area contributed by atoms with E-state index < -0.39 is 20.9 Å². The number of sulfonamides is 1. The molecule has 1 aliphatic carbocycles. The first-order chi connectivity index (χ1) is 14.2. The summed E-state index contributed by atoms with van der Waals surface area (Å²) in [6.45, 7) is 1.40. The Morgan fingerprint density at radius 2 is 1.83 bits per heavy atom. The monoisotopic (exact) mass is 433 g/mol. The van der Waals surface area contributed by atoms with Crippen LogP contribution in [-0.2, 0) is 14.8 Å². The van der Waals surface area contributed by atoms with E-state index in [4.69, 9.17) is 4.74 Å². The maximum absolute atomic E-state index is 12.4. The number of aryl methyl sites for hydroxylation is 1. The Hall–Kier alpha value is -2.98. The van der Waals surface area contributed by atoms with E-state index in [0.717, 1.165) is 25.7 Å². The second-order valence-corrected chi connectivity index (χ2v) is 8.88. The second-order valence-electron chi connectivity index (χ2n) is 7.17. The van der Waals surface area contributed by atoms with Gasteiger partial charge in [0.2, 0.25) is 10.0 Å². The van der Waals surface area contributed by atoms with E-state index in [0.29, 0.717) is 17.0 Å². The van der Waals surface area contributed by atoms with Gasteiger partial charge in [-0.1, -0.05) is 18.9 Å². The van der Waals surface area contributed by atoms with E-state index >= 15 is 0 Å². The van der Waals surface area contributed by atoms with Crippen molar-refractivity contribution in [1.82, 2.24) is 4.72 Å². The highest BCUT2D eigenvalue weighted by Crippen LogP contribution is 2.23. The molecule has 1 aliphatic rings. The van der Waals surface area contributed by atoms with Crippen LogP contribution < -0.4 is 14.8 Å². The maximum atomic E-state index is 12.4. The van der Waals surface area contributed by atoms with E-state index in [1.54, 1.807) is 13.0 Å². The minimum absolute atomic E-state index is 0.0214. The standard InChI is InChI=1S/C20H23N3O6S/c1-14-6-7-16(23(25)26)12-19(14)21-20(24)13-29-17-8-10-18(11-9-17)30(27,28)22-15-4-2-3-5-15/h6-12,15,22H,2-5,13H2,1H3,(H,21,24). The van der Waals surface area contributed by atoms with E-state index in [1.807, 2.05) is 0 Å². The Morgan fingerprint density at radius 3 is 2.47 bits per heavy atom. The number of benzene rings is 2. The van der Waals surface area contributed by atoms with Crippen molar-refractivity contribution in [2.24, 2.45) is 0 Å². The highest BCUT2D eigenvalue weighted by Gasteiger charge is 2.22. The van der Waals surface area contributed by atoms with E-state index in [2.05, 4.69) is 10.0 Å². The molecule has 30 heavy (non-hydrogen) atoms. The quantitative estimate of drug-likeness (QED) is 0.486. The van der Waals surface area contributed by atoms with Crippen molar-refractivity contribution >= 4 is 27.3 Å². The van der Waals surface area contributed by atoms with Crippen LogP contribution in [0.1, 0.15) is 31.2 Å². The predicted octanol–water partition coefficient (Wildman–Crippen LogP) is 3.14. The molecule has 0 heterocycles. The van der Waals surface area contributed by atoms with Crippen LogP contribution in [0.4, 0.5) is 11.4 Å². The molecule has 10 heteroatoms. The molecule has 0 atom stereocenters. The molecule has 0 aliphatic heterocycles. The Bertz CT molecular complexity index is 1030.